The Hall–Kier alpha value is -1.32. The van der Waals surface area contributed by atoms with Crippen LogP contribution < -0.4 is 0 Å². The van der Waals surface area contributed by atoms with Crippen LogP contribution in [0.3, 0.4) is 0 Å². The van der Waals surface area contributed by atoms with Crippen LogP contribution in [0, 0.1) is 0 Å². The van der Waals surface area contributed by atoms with Gasteiger partial charge < -0.3 is 14.4 Å². The first-order valence-electron chi connectivity index (χ1n) is 6.97. The van der Waals surface area contributed by atoms with Crippen molar-refractivity contribution in [3.63, 3.8) is 0 Å². The van der Waals surface area contributed by atoms with Crippen LogP contribution in [-0.2, 0) is 19.5 Å². The molecule has 1 aliphatic heterocycles. The van der Waals surface area contributed by atoms with Crippen molar-refractivity contribution in [2.24, 2.45) is 0 Å². The Kier molecular flexibility index (Phi) is 3.11. The highest BCUT2D eigenvalue weighted by molar-refractivity contribution is 5.87. The molecular weight excluding hydrogens is 234 g/mol. The minimum atomic E-state index is 0.609. The van der Waals surface area contributed by atoms with Crippen LogP contribution in [-0.4, -0.2) is 48.6 Å². The molecule has 1 aromatic carbocycles. The SMILES string of the molecule is CN(C)Cc1cn2c3c(cccc13)CC(N(C)C)C2. The normalized spacial score (nSPS) is 18.7. The largest absolute Gasteiger partial charge is 0.345 e. The second-order valence-electron chi connectivity index (χ2n) is 6.18. The minimum absolute atomic E-state index is 0.609. The highest BCUT2D eigenvalue weighted by atomic mass is 15.1. The molecule has 0 aliphatic carbocycles. The monoisotopic (exact) mass is 257 g/mol. The van der Waals surface area contributed by atoms with E-state index in [2.05, 4.69) is 67.0 Å². The molecule has 2 heterocycles. The van der Waals surface area contributed by atoms with E-state index in [1.807, 2.05) is 0 Å². The molecule has 0 spiro atoms. The van der Waals surface area contributed by atoms with Crippen molar-refractivity contribution >= 4 is 10.9 Å². The fourth-order valence-electron chi connectivity index (χ4n) is 3.18. The summed E-state index contributed by atoms with van der Waals surface area (Å²) in [6, 6.07) is 7.37. The molecule has 0 saturated heterocycles. The molecule has 0 fully saturated rings. The van der Waals surface area contributed by atoms with Crippen LogP contribution in [0.5, 0.6) is 0 Å². The van der Waals surface area contributed by atoms with Crippen molar-refractivity contribution in [2.75, 3.05) is 28.2 Å². The van der Waals surface area contributed by atoms with Crippen LogP contribution in [0.1, 0.15) is 11.1 Å². The van der Waals surface area contributed by atoms with Crippen molar-refractivity contribution in [3.05, 3.63) is 35.5 Å². The molecule has 3 nitrogen and oxygen atoms in total. The summed E-state index contributed by atoms with van der Waals surface area (Å²) in [4.78, 5) is 4.58. The van der Waals surface area contributed by atoms with Gasteiger partial charge in [0.25, 0.3) is 0 Å². The lowest BCUT2D eigenvalue weighted by Gasteiger charge is -2.29. The van der Waals surface area contributed by atoms with E-state index in [9.17, 15) is 0 Å². The molecule has 0 N–H and O–H groups in total. The Balaban J connectivity index is 2.10. The molecule has 19 heavy (non-hydrogen) atoms. The predicted octanol–water partition coefficient (Wildman–Crippen LogP) is 2.19. The highest BCUT2D eigenvalue weighted by Crippen LogP contribution is 2.30. The average molecular weight is 257 g/mol. The lowest BCUT2D eigenvalue weighted by Crippen LogP contribution is -2.36. The van der Waals surface area contributed by atoms with Gasteiger partial charge in [-0.05, 0) is 45.7 Å². The Morgan fingerprint density at radius 2 is 2.00 bits per heavy atom. The fourth-order valence-corrected chi connectivity index (χ4v) is 3.18. The third-order valence-electron chi connectivity index (χ3n) is 4.14. The standard InChI is InChI=1S/C16H23N3/c1-17(2)9-13-10-19-11-14(18(3)4)8-12-6-5-7-15(13)16(12)19/h5-7,10,14H,8-9,11H2,1-4H3. The molecular formula is C16H23N3. The summed E-state index contributed by atoms with van der Waals surface area (Å²) in [6.07, 6.45) is 3.51. The van der Waals surface area contributed by atoms with Crippen molar-refractivity contribution in [2.45, 2.75) is 25.6 Å². The Morgan fingerprint density at radius 1 is 1.21 bits per heavy atom. The number of nitrogens with zero attached hydrogens (tertiary/aromatic N) is 3. The smallest absolute Gasteiger partial charge is 0.0517 e. The van der Waals surface area contributed by atoms with Crippen LogP contribution in [0.2, 0.25) is 0 Å². The minimum Gasteiger partial charge on any atom is -0.345 e. The van der Waals surface area contributed by atoms with Crippen molar-refractivity contribution in [1.29, 1.82) is 0 Å². The first kappa shape index (κ1) is 12.7. The zero-order valence-electron chi connectivity index (χ0n) is 12.3. The topological polar surface area (TPSA) is 11.4 Å². The van der Waals surface area contributed by atoms with E-state index in [4.69, 9.17) is 0 Å². The number of benzene rings is 1. The molecule has 102 valence electrons. The van der Waals surface area contributed by atoms with Gasteiger partial charge in [0.2, 0.25) is 0 Å². The molecule has 0 bridgehead atoms. The summed E-state index contributed by atoms with van der Waals surface area (Å²) in [7, 11) is 8.63. The first-order chi connectivity index (χ1) is 9.06. The molecule has 1 atom stereocenters. The van der Waals surface area contributed by atoms with E-state index in [1.165, 1.54) is 22.0 Å². The number of para-hydroxylation sites is 1. The third-order valence-corrected chi connectivity index (χ3v) is 4.14. The van der Waals surface area contributed by atoms with Crippen molar-refractivity contribution in [1.82, 2.24) is 14.4 Å². The molecule has 3 rings (SSSR count). The average Bonchev–Trinajstić information content (AvgIpc) is 2.68. The van der Waals surface area contributed by atoms with Gasteiger partial charge in [0.05, 0.1) is 5.52 Å². The van der Waals surface area contributed by atoms with Gasteiger partial charge in [0, 0.05) is 30.7 Å². The third kappa shape index (κ3) is 2.17. The van der Waals surface area contributed by atoms with E-state index in [0.29, 0.717) is 6.04 Å². The summed E-state index contributed by atoms with van der Waals surface area (Å²) >= 11 is 0. The van der Waals surface area contributed by atoms with E-state index < -0.39 is 0 Å². The molecule has 2 aromatic rings. The van der Waals surface area contributed by atoms with Crippen LogP contribution >= 0.6 is 0 Å². The zero-order valence-corrected chi connectivity index (χ0v) is 12.3. The maximum absolute atomic E-state index is 2.46. The molecule has 0 saturated carbocycles. The van der Waals surface area contributed by atoms with Gasteiger partial charge in [-0.15, -0.1) is 0 Å². The Bertz CT molecular complexity index is 595. The van der Waals surface area contributed by atoms with E-state index in [-0.39, 0.29) is 0 Å². The number of hydrogen-bond donors (Lipinski definition) is 0. The van der Waals surface area contributed by atoms with Gasteiger partial charge in [-0.25, -0.2) is 0 Å². The van der Waals surface area contributed by atoms with E-state index in [0.717, 1.165) is 19.5 Å². The Morgan fingerprint density at radius 3 is 2.68 bits per heavy atom. The predicted molar refractivity (Wildman–Crippen MR) is 80.5 cm³/mol. The second kappa shape index (κ2) is 4.66. The van der Waals surface area contributed by atoms with Crippen molar-refractivity contribution < 1.29 is 0 Å². The summed E-state index contributed by atoms with van der Waals surface area (Å²) in [5, 5.41) is 1.43. The molecule has 0 radical (unpaired) electrons. The summed E-state index contributed by atoms with van der Waals surface area (Å²) in [5.41, 5.74) is 4.39. The molecule has 1 aliphatic rings. The number of likely N-dealkylation sites (N-methyl/N-ethyl adjacent to an activating group) is 1. The van der Waals surface area contributed by atoms with Gasteiger partial charge in [-0.2, -0.15) is 0 Å². The highest BCUT2D eigenvalue weighted by Gasteiger charge is 2.23. The second-order valence-corrected chi connectivity index (χ2v) is 6.18. The van der Waals surface area contributed by atoms with Gasteiger partial charge >= 0.3 is 0 Å². The van der Waals surface area contributed by atoms with Crippen LogP contribution in [0.4, 0.5) is 0 Å². The number of rotatable bonds is 3. The van der Waals surface area contributed by atoms with Crippen LogP contribution in [0.15, 0.2) is 24.4 Å². The quantitative estimate of drug-likeness (QED) is 0.835. The maximum atomic E-state index is 2.46. The number of hydrogen-bond acceptors (Lipinski definition) is 2. The van der Waals surface area contributed by atoms with E-state index in [1.54, 1.807) is 0 Å². The molecule has 1 unspecified atom stereocenters. The zero-order chi connectivity index (χ0) is 13.6. The summed E-state index contributed by atoms with van der Waals surface area (Å²) < 4.78 is 2.46. The molecule has 1 aromatic heterocycles. The first-order valence-corrected chi connectivity index (χ1v) is 6.97. The Labute approximate surface area is 115 Å². The van der Waals surface area contributed by atoms with Gasteiger partial charge in [-0.3, -0.25) is 0 Å². The lowest BCUT2D eigenvalue weighted by molar-refractivity contribution is 0.258. The maximum Gasteiger partial charge on any atom is 0.0517 e. The number of aromatic nitrogens is 1. The molecule has 0 amide bonds. The fraction of sp³-hybridized carbons (Fsp3) is 0.500. The van der Waals surface area contributed by atoms with Crippen LogP contribution in [0.25, 0.3) is 10.9 Å². The lowest BCUT2D eigenvalue weighted by atomic mass is 9.98. The van der Waals surface area contributed by atoms with Gasteiger partial charge in [0.1, 0.15) is 0 Å². The molecule has 3 heteroatoms. The van der Waals surface area contributed by atoms with Crippen molar-refractivity contribution in [3.8, 4) is 0 Å². The summed E-state index contributed by atoms with van der Waals surface area (Å²) in [6.45, 7) is 2.12. The van der Waals surface area contributed by atoms with Gasteiger partial charge in [-0.1, -0.05) is 18.2 Å². The van der Waals surface area contributed by atoms with Gasteiger partial charge in [0.15, 0.2) is 0 Å². The summed E-state index contributed by atoms with van der Waals surface area (Å²) in [5.74, 6) is 0. The van der Waals surface area contributed by atoms with E-state index >= 15 is 0 Å².